The topological polar surface area (TPSA) is 91.0 Å². The third-order valence-electron chi connectivity index (χ3n) is 6.80. The van der Waals surface area contributed by atoms with E-state index < -0.39 is 24.3 Å². The molecule has 8 nitrogen and oxygen atoms in total. The van der Waals surface area contributed by atoms with Gasteiger partial charge < -0.3 is 15.0 Å². The first kappa shape index (κ1) is 21.9. The number of rotatable bonds is 6. The van der Waals surface area contributed by atoms with E-state index in [0.29, 0.717) is 41.0 Å². The van der Waals surface area contributed by atoms with Crippen molar-refractivity contribution in [3.8, 4) is 0 Å². The van der Waals surface area contributed by atoms with Gasteiger partial charge in [-0.05, 0) is 50.1 Å². The van der Waals surface area contributed by atoms with Gasteiger partial charge in [-0.3, -0.25) is 24.6 Å². The number of hydrogen-bond acceptors (Lipinski definition) is 6. The number of nitrogens with one attached hydrogen (secondary N) is 2. The lowest BCUT2D eigenvalue weighted by atomic mass is 10.0. The van der Waals surface area contributed by atoms with Crippen LogP contribution >= 0.6 is 0 Å². The summed E-state index contributed by atoms with van der Waals surface area (Å²) in [6.07, 6.45) is 0.219. The lowest BCUT2D eigenvalue weighted by Gasteiger charge is -2.35. The van der Waals surface area contributed by atoms with Gasteiger partial charge in [0, 0.05) is 64.2 Å². The summed E-state index contributed by atoms with van der Waals surface area (Å²) in [6, 6.07) is 8.77. The Morgan fingerprint density at radius 1 is 1.17 bits per heavy atom. The van der Waals surface area contributed by atoms with Crippen molar-refractivity contribution in [1.82, 2.24) is 15.1 Å². The van der Waals surface area contributed by atoms with Crippen molar-refractivity contribution in [3.05, 3.63) is 64.5 Å². The number of piperidine rings is 1. The fourth-order valence-corrected chi connectivity index (χ4v) is 5.17. The number of carbonyl (C=O) groups excluding carboxylic acids is 3. The van der Waals surface area contributed by atoms with Crippen LogP contribution < -0.4 is 10.6 Å². The summed E-state index contributed by atoms with van der Waals surface area (Å²) in [5.41, 5.74) is 2.44. The van der Waals surface area contributed by atoms with Gasteiger partial charge >= 0.3 is 0 Å². The molecule has 0 aromatic heterocycles. The predicted molar refractivity (Wildman–Crippen MR) is 131 cm³/mol. The number of imide groups is 1. The zero-order chi connectivity index (χ0) is 27.2. The molecule has 5 rings (SSSR count). The fraction of sp³-hybridized carbons (Fsp3) is 0.444. The molecule has 9 heteroatoms. The van der Waals surface area contributed by atoms with Crippen LogP contribution in [0.2, 0.25) is 0 Å². The summed E-state index contributed by atoms with van der Waals surface area (Å²) < 4.78 is 38.1. The second kappa shape index (κ2) is 9.99. The lowest BCUT2D eigenvalue weighted by Crippen LogP contribution is -2.52. The van der Waals surface area contributed by atoms with E-state index in [0.717, 1.165) is 0 Å². The predicted octanol–water partition coefficient (Wildman–Crippen LogP) is 2.81. The second-order valence-electron chi connectivity index (χ2n) is 9.67. The van der Waals surface area contributed by atoms with Crippen molar-refractivity contribution in [3.63, 3.8) is 0 Å². The van der Waals surface area contributed by atoms with Crippen LogP contribution in [0.15, 0.2) is 36.4 Å². The standard InChI is InChI=1S/C27H31FN4O4/c1-16-12-31(13-17(2)36-16)14-18-6-7-22(28)19(10-18)11-29-23-5-3-4-20-21(23)15-32(27(20)35)24-8-9-25(33)30-26(24)34/h3-7,10,16-17,24,29H,8-9,11-15H2,1-2H3,(H,30,33,34)/i14D2. The van der Waals surface area contributed by atoms with E-state index in [1.54, 1.807) is 23.1 Å². The SMILES string of the molecule is [2H]C([2H])(c1ccc(F)c(CNc2cccc3c2CN(C2CCC(=O)NC2=O)C3=O)c1)N1CC(C)OC(C)C1. The Kier molecular flexibility index (Phi) is 6.09. The van der Waals surface area contributed by atoms with Crippen LogP contribution in [-0.4, -0.2) is 58.9 Å². The number of halogens is 1. The van der Waals surface area contributed by atoms with E-state index in [-0.39, 0.29) is 50.0 Å². The number of amides is 3. The monoisotopic (exact) mass is 496 g/mol. The van der Waals surface area contributed by atoms with Gasteiger partial charge in [-0.1, -0.05) is 12.1 Å². The Hall–Kier alpha value is -3.30. The molecule has 3 heterocycles. The smallest absolute Gasteiger partial charge is 0.255 e. The van der Waals surface area contributed by atoms with Crippen molar-refractivity contribution in [2.45, 2.75) is 64.5 Å². The molecule has 2 aromatic rings. The van der Waals surface area contributed by atoms with Crippen molar-refractivity contribution in [2.24, 2.45) is 0 Å². The minimum atomic E-state index is -1.81. The van der Waals surface area contributed by atoms with Crippen molar-refractivity contribution >= 4 is 23.4 Å². The molecule has 2 N–H and O–H groups in total. The molecule has 0 saturated carbocycles. The Balaban J connectivity index is 1.33. The molecule has 0 bridgehead atoms. The average molecular weight is 497 g/mol. The minimum absolute atomic E-state index is 0.0781. The quantitative estimate of drug-likeness (QED) is 0.598. The molecule has 2 saturated heterocycles. The zero-order valence-corrected chi connectivity index (χ0v) is 20.3. The molecule has 190 valence electrons. The van der Waals surface area contributed by atoms with Gasteiger partial charge in [0.15, 0.2) is 0 Å². The molecular formula is C27H31FN4O4. The second-order valence-corrected chi connectivity index (χ2v) is 9.67. The van der Waals surface area contributed by atoms with E-state index in [1.165, 1.54) is 23.1 Å². The van der Waals surface area contributed by atoms with Crippen LogP contribution in [0, 0.1) is 5.82 Å². The van der Waals surface area contributed by atoms with Gasteiger partial charge in [0.1, 0.15) is 11.9 Å². The van der Waals surface area contributed by atoms with Crippen molar-refractivity contribution in [1.29, 1.82) is 0 Å². The maximum absolute atomic E-state index is 14.8. The number of fused-ring (bicyclic) bond motifs is 1. The molecule has 3 atom stereocenters. The van der Waals surface area contributed by atoms with E-state index in [9.17, 15) is 18.8 Å². The number of anilines is 1. The lowest BCUT2D eigenvalue weighted by molar-refractivity contribution is -0.136. The van der Waals surface area contributed by atoms with Crippen LogP contribution in [0.5, 0.6) is 0 Å². The molecule has 0 aliphatic carbocycles. The maximum Gasteiger partial charge on any atom is 0.255 e. The number of nitrogens with zero attached hydrogens (tertiary/aromatic N) is 2. The highest BCUT2D eigenvalue weighted by atomic mass is 19.1. The Morgan fingerprint density at radius 2 is 1.94 bits per heavy atom. The fourth-order valence-electron chi connectivity index (χ4n) is 5.17. The summed E-state index contributed by atoms with van der Waals surface area (Å²) in [4.78, 5) is 40.2. The highest BCUT2D eigenvalue weighted by molar-refractivity contribution is 6.06. The largest absolute Gasteiger partial charge is 0.381 e. The molecule has 2 fully saturated rings. The van der Waals surface area contributed by atoms with Crippen LogP contribution in [-0.2, 0) is 33.9 Å². The number of benzene rings is 2. The van der Waals surface area contributed by atoms with E-state index >= 15 is 0 Å². The Morgan fingerprint density at radius 3 is 2.69 bits per heavy atom. The first-order valence-corrected chi connectivity index (χ1v) is 12.2. The first-order valence-electron chi connectivity index (χ1n) is 13.2. The van der Waals surface area contributed by atoms with E-state index in [2.05, 4.69) is 10.6 Å². The number of hydrogen-bond donors (Lipinski definition) is 2. The molecule has 3 unspecified atom stereocenters. The van der Waals surface area contributed by atoms with Crippen molar-refractivity contribution in [2.75, 3.05) is 18.4 Å². The highest BCUT2D eigenvalue weighted by Crippen LogP contribution is 2.32. The van der Waals surface area contributed by atoms with Gasteiger partial charge in [-0.15, -0.1) is 0 Å². The number of carbonyl (C=O) groups is 3. The minimum Gasteiger partial charge on any atom is -0.381 e. The average Bonchev–Trinajstić information content (AvgIpc) is 3.19. The van der Waals surface area contributed by atoms with Crippen LogP contribution in [0.1, 0.15) is 56.5 Å². The first-order chi connectivity index (χ1) is 18.0. The van der Waals surface area contributed by atoms with Crippen LogP contribution in [0.3, 0.4) is 0 Å². The van der Waals surface area contributed by atoms with E-state index in [4.69, 9.17) is 7.48 Å². The van der Waals surface area contributed by atoms with Crippen molar-refractivity contribution < 1.29 is 26.3 Å². The molecule has 3 aliphatic heterocycles. The normalized spacial score (nSPS) is 25.8. The summed E-state index contributed by atoms with van der Waals surface area (Å²) in [5, 5.41) is 5.50. The molecule has 3 amide bonds. The third-order valence-corrected chi connectivity index (χ3v) is 6.80. The van der Waals surface area contributed by atoms with Gasteiger partial charge in [0.25, 0.3) is 5.91 Å². The molecule has 3 aliphatic rings. The van der Waals surface area contributed by atoms with E-state index in [1.807, 2.05) is 13.8 Å². The number of ether oxygens (including phenoxy) is 1. The molecule has 0 spiro atoms. The summed E-state index contributed by atoms with van der Waals surface area (Å²) in [5.74, 6) is -1.57. The summed E-state index contributed by atoms with van der Waals surface area (Å²) in [6.45, 7) is 3.13. The summed E-state index contributed by atoms with van der Waals surface area (Å²) >= 11 is 0. The van der Waals surface area contributed by atoms with Gasteiger partial charge in [-0.25, -0.2) is 4.39 Å². The highest BCUT2D eigenvalue weighted by Gasteiger charge is 2.39. The van der Waals surface area contributed by atoms with Gasteiger partial charge in [0.05, 0.1) is 12.2 Å². The van der Waals surface area contributed by atoms with Crippen LogP contribution in [0.25, 0.3) is 0 Å². The molecule has 2 aromatic carbocycles. The molecule has 36 heavy (non-hydrogen) atoms. The Bertz CT molecular complexity index is 1280. The van der Waals surface area contributed by atoms with Crippen LogP contribution in [0.4, 0.5) is 10.1 Å². The maximum atomic E-state index is 14.8. The molecule has 0 radical (unpaired) electrons. The Labute approximate surface area is 212 Å². The van der Waals surface area contributed by atoms with Gasteiger partial charge in [-0.2, -0.15) is 0 Å². The van der Waals surface area contributed by atoms with Gasteiger partial charge in [0.2, 0.25) is 11.8 Å². The number of morpholine rings is 1. The third kappa shape index (κ3) is 4.99. The summed E-state index contributed by atoms with van der Waals surface area (Å²) in [7, 11) is 0. The molecular weight excluding hydrogens is 463 g/mol. The zero-order valence-electron chi connectivity index (χ0n) is 22.3.